The van der Waals surface area contributed by atoms with Crippen LogP contribution >= 0.6 is 0 Å². The molecule has 1 aliphatic heterocycles. The third-order valence-electron chi connectivity index (χ3n) is 3.28. The van der Waals surface area contributed by atoms with Crippen LogP contribution in [0.25, 0.3) is 5.95 Å². The van der Waals surface area contributed by atoms with Gasteiger partial charge in [0, 0.05) is 32.5 Å². The smallest absolute Gasteiger partial charge is 0.257 e. The standard InChI is InChI=1S/C12H17N7O/c1-12(20)4-7-18(8-12)10-15-9(13-2)16-11(17-10)19-6-3-5-14-19/h3,5-6,20H,4,7-8H2,1-2H3,(H,13,15,16,17). The van der Waals surface area contributed by atoms with E-state index in [1.54, 1.807) is 24.1 Å². The number of β-amino-alcohol motifs (C(OH)–C–C–N with tert-alkyl or cyclic N) is 1. The average Bonchev–Trinajstić information content (AvgIpc) is 3.07. The summed E-state index contributed by atoms with van der Waals surface area (Å²) in [6.07, 6.45) is 4.15. The van der Waals surface area contributed by atoms with Gasteiger partial charge in [-0.05, 0) is 19.4 Å². The average molecular weight is 275 g/mol. The van der Waals surface area contributed by atoms with Gasteiger partial charge in [-0.1, -0.05) is 0 Å². The van der Waals surface area contributed by atoms with Crippen LogP contribution in [0.5, 0.6) is 0 Å². The molecule has 8 nitrogen and oxygen atoms in total. The normalized spacial score (nSPS) is 22.2. The Kier molecular flexibility index (Phi) is 3.01. The molecule has 20 heavy (non-hydrogen) atoms. The Balaban J connectivity index is 1.97. The number of aromatic nitrogens is 5. The second-order valence-electron chi connectivity index (χ2n) is 5.13. The van der Waals surface area contributed by atoms with Crippen molar-refractivity contribution < 1.29 is 5.11 Å². The van der Waals surface area contributed by atoms with Crippen LogP contribution in [0.3, 0.4) is 0 Å². The van der Waals surface area contributed by atoms with Gasteiger partial charge in [-0.15, -0.1) is 0 Å². The lowest BCUT2D eigenvalue weighted by Crippen LogP contribution is -2.31. The van der Waals surface area contributed by atoms with E-state index in [1.165, 1.54) is 0 Å². The zero-order valence-electron chi connectivity index (χ0n) is 11.5. The molecular weight excluding hydrogens is 258 g/mol. The summed E-state index contributed by atoms with van der Waals surface area (Å²) in [5.74, 6) is 1.48. The Labute approximate surface area is 116 Å². The molecule has 106 valence electrons. The molecule has 1 aliphatic rings. The van der Waals surface area contributed by atoms with Crippen molar-refractivity contribution in [2.75, 3.05) is 30.4 Å². The molecule has 0 saturated carbocycles. The Bertz CT molecular complexity index is 596. The molecule has 1 unspecified atom stereocenters. The summed E-state index contributed by atoms with van der Waals surface area (Å²) in [5.41, 5.74) is -0.696. The van der Waals surface area contributed by atoms with Gasteiger partial charge in [-0.2, -0.15) is 20.1 Å². The predicted octanol–water partition coefficient (Wildman–Crippen LogP) is 0.0601. The van der Waals surface area contributed by atoms with Crippen molar-refractivity contribution >= 4 is 11.9 Å². The summed E-state index contributed by atoms with van der Waals surface area (Å²) >= 11 is 0. The van der Waals surface area contributed by atoms with E-state index in [0.29, 0.717) is 30.8 Å². The quantitative estimate of drug-likeness (QED) is 0.818. The zero-order chi connectivity index (χ0) is 14.2. The lowest BCUT2D eigenvalue weighted by molar-refractivity contribution is 0.0838. The monoisotopic (exact) mass is 275 g/mol. The molecule has 2 N–H and O–H groups in total. The lowest BCUT2D eigenvalue weighted by Gasteiger charge is -2.19. The van der Waals surface area contributed by atoms with Crippen LogP contribution in [0.4, 0.5) is 11.9 Å². The number of hydrogen-bond acceptors (Lipinski definition) is 7. The minimum atomic E-state index is -0.696. The van der Waals surface area contributed by atoms with E-state index < -0.39 is 5.60 Å². The Morgan fingerprint density at radius 3 is 2.70 bits per heavy atom. The van der Waals surface area contributed by atoms with Gasteiger partial charge in [0.05, 0.1) is 5.60 Å². The van der Waals surface area contributed by atoms with Crippen LogP contribution in [-0.2, 0) is 0 Å². The minimum Gasteiger partial charge on any atom is -0.388 e. The number of rotatable bonds is 3. The number of anilines is 2. The zero-order valence-corrected chi connectivity index (χ0v) is 11.5. The number of nitrogens with one attached hydrogen (secondary N) is 1. The van der Waals surface area contributed by atoms with Crippen LogP contribution in [0.15, 0.2) is 18.5 Å². The summed E-state index contributed by atoms with van der Waals surface area (Å²) in [6.45, 7) is 3.05. The fourth-order valence-electron chi connectivity index (χ4n) is 2.21. The molecule has 0 radical (unpaired) electrons. The molecule has 8 heteroatoms. The van der Waals surface area contributed by atoms with Gasteiger partial charge in [0.2, 0.25) is 11.9 Å². The Morgan fingerprint density at radius 2 is 2.10 bits per heavy atom. The minimum absolute atomic E-state index is 0.455. The maximum Gasteiger partial charge on any atom is 0.257 e. The van der Waals surface area contributed by atoms with Crippen molar-refractivity contribution in [1.82, 2.24) is 24.7 Å². The van der Waals surface area contributed by atoms with E-state index in [-0.39, 0.29) is 0 Å². The summed E-state index contributed by atoms with van der Waals surface area (Å²) in [6, 6.07) is 1.81. The highest BCUT2D eigenvalue weighted by molar-refractivity contribution is 5.41. The summed E-state index contributed by atoms with van der Waals surface area (Å²) in [7, 11) is 1.76. The highest BCUT2D eigenvalue weighted by atomic mass is 16.3. The molecule has 3 rings (SSSR count). The van der Waals surface area contributed by atoms with Gasteiger partial charge < -0.3 is 15.3 Å². The molecule has 0 spiro atoms. The summed E-state index contributed by atoms with van der Waals surface area (Å²) in [4.78, 5) is 15.0. The number of hydrogen-bond donors (Lipinski definition) is 2. The topological polar surface area (TPSA) is 92.0 Å². The van der Waals surface area contributed by atoms with Crippen LogP contribution < -0.4 is 10.2 Å². The van der Waals surface area contributed by atoms with Crippen molar-refractivity contribution in [1.29, 1.82) is 0 Å². The molecule has 2 aromatic rings. The molecule has 1 saturated heterocycles. The third kappa shape index (κ3) is 2.42. The molecule has 1 atom stereocenters. The van der Waals surface area contributed by atoms with Crippen LogP contribution in [-0.4, -0.2) is 55.6 Å². The summed E-state index contributed by atoms with van der Waals surface area (Å²) in [5, 5.41) is 17.1. The van der Waals surface area contributed by atoms with E-state index in [2.05, 4.69) is 25.4 Å². The van der Waals surface area contributed by atoms with Crippen molar-refractivity contribution in [2.24, 2.45) is 0 Å². The first-order chi connectivity index (χ1) is 9.57. The second-order valence-corrected chi connectivity index (χ2v) is 5.13. The molecule has 0 aromatic carbocycles. The van der Waals surface area contributed by atoms with Gasteiger partial charge in [0.15, 0.2) is 0 Å². The SMILES string of the molecule is CNc1nc(N2CCC(C)(O)C2)nc(-n2cccn2)n1. The third-order valence-corrected chi connectivity index (χ3v) is 3.28. The Morgan fingerprint density at radius 1 is 1.30 bits per heavy atom. The maximum absolute atomic E-state index is 10.1. The van der Waals surface area contributed by atoms with Crippen LogP contribution in [0.1, 0.15) is 13.3 Å². The Hall–Kier alpha value is -2.22. The van der Waals surface area contributed by atoms with Gasteiger partial charge >= 0.3 is 0 Å². The largest absolute Gasteiger partial charge is 0.388 e. The number of nitrogens with zero attached hydrogens (tertiary/aromatic N) is 6. The number of aliphatic hydroxyl groups is 1. The summed E-state index contributed by atoms with van der Waals surface area (Å²) < 4.78 is 1.58. The van der Waals surface area contributed by atoms with E-state index in [1.807, 2.05) is 17.9 Å². The highest BCUT2D eigenvalue weighted by Gasteiger charge is 2.33. The second kappa shape index (κ2) is 4.71. The first kappa shape index (κ1) is 12.8. The fourth-order valence-corrected chi connectivity index (χ4v) is 2.21. The van der Waals surface area contributed by atoms with Crippen molar-refractivity contribution in [3.05, 3.63) is 18.5 Å². The van der Waals surface area contributed by atoms with Gasteiger partial charge in [0.1, 0.15) is 0 Å². The highest BCUT2D eigenvalue weighted by Crippen LogP contribution is 2.24. The van der Waals surface area contributed by atoms with Gasteiger partial charge in [-0.3, -0.25) is 0 Å². The molecule has 0 aliphatic carbocycles. The first-order valence-corrected chi connectivity index (χ1v) is 6.49. The van der Waals surface area contributed by atoms with E-state index in [4.69, 9.17) is 0 Å². The lowest BCUT2D eigenvalue weighted by atomic mass is 10.1. The molecule has 0 bridgehead atoms. The molecule has 2 aromatic heterocycles. The van der Waals surface area contributed by atoms with E-state index in [0.717, 1.165) is 6.54 Å². The molecule has 3 heterocycles. The molecular formula is C12H17N7O. The first-order valence-electron chi connectivity index (χ1n) is 6.49. The van der Waals surface area contributed by atoms with Crippen LogP contribution in [0, 0.1) is 0 Å². The molecule has 0 amide bonds. The maximum atomic E-state index is 10.1. The fraction of sp³-hybridized carbons (Fsp3) is 0.500. The molecule has 1 fully saturated rings. The van der Waals surface area contributed by atoms with Gasteiger partial charge in [0.25, 0.3) is 5.95 Å². The predicted molar refractivity (Wildman–Crippen MR) is 73.9 cm³/mol. The van der Waals surface area contributed by atoms with Gasteiger partial charge in [-0.25, -0.2) is 4.68 Å². The van der Waals surface area contributed by atoms with Crippen molar-refractivity contribution in [2.45, 2.75) is 18.9 Å². The van der Waals surface area contributed by atoms with Crippen LogP contribution in [0.2, 0.25) is 0 Å². The van der Waals surface area contributed by atoms with Crippen molar-refractivity contribution in [3.63, 3.8) is 0 Å². The van der Waals surface area contributed by atoms with E-state index in [9.17, 15) is 5.11 Å². The van der Waals surface area contributed by atoms with Crippen molar-refractivity contribution in [3.8, 4) is 5.95 Å². The van der Waals surface area contributed by atoms with E-state index >= 15 is 0 Å².